The molecule has 0 saturated carbocycles. The highest BCUT2D eigenvalue weighted by Gasteiger charge is 2.34. The van der Waals surface area contributed by atoms with Gasteiger partial charge in [0, 0.05) is 23.5 Å². The molecule has 0 unspecified atom stereocenters. The van der Waals surface area contributed by atoms with Crippen molar-refractivity contribution < 1.29 is 33.9 Å². The lowest BCUT2D eigenvalue weighted by Crippen LogP contribution is -2.58. The SMILES string of the molecule is CC(C)C[C@H]1NC(=O)[C@H](C(C)C)NC(=O)CNC(=O)[C@H](CC(=O)O)NC(=O)[C@H](Cc2c[nH]c3ccccc23)NC1=O. The Kier molecular flexibility index (Phi) is 10.5. The number of nitrogens with one attached hydrogen (secondary N) is 6. The second-order valence-corrected chi connectivity index (χ2v) is 11.0. The van der Waals surface area contributed by atoms with Gasteiger partial charge in [0.2, 0.25) is 29.5 Å². The van der Waals surface area contributed by atoms with E-state index in [1.807, 2.05) is 38.1 Å². The van der Waals surface area contributed by atoms with Crippen LogP contribution in [0.4, 0.5) is 0 Å². The fourth-order valence-corrected chi connectivity index (χ4v) is 4.67. The lowest BCUT2D eigenvalue weighted by Gasteiger charge is -2.27. The Morgan fingerprint density at radius 1 is 0.854 bits per heavy atom. The number of carbonyl (C=O) groups excluding carboxylic acids is 5. The molecule has 1 aromatic heterocycles. The average molecular weight is 571 g/mol. The molecule has 1 aliphatic heterocycles. The van der Waals surface area contributed by atoms with Crippen molar-refractivity contribution >= 4 is 46.4 Å². The van der Waals surface area contributed by atoms with E-state index in [2.05, 4.69) is 31.6 Å². The van der Waals surface area contributed by atoms with Crippen molar-refractivity contribution in [1.29, 1.82) is 0 Å². The molecule has 3 rings (SSSR count). The van der Waals surface area contributed by atoms with Crippen molar-refractivity contribution in [2.45, 2.75) is 71.1 Å². The molecular weight excluding hydrogens is 532 g/mol. The molecule has 1 aromatic carbocycles. The number of carboxylic acid groups (broad SMARTS) is 1. The number of aromatic nitrogens is 1. The number of rotatable bonds is 7. The highest BCUT2D eigenvalue weighted by molar-refractivity contribution is 5.98. The summed E-state index contributed by atoms with van der Waals surface area (Å²) in [5.74, 6) is -5.31. The number of carbonyl (C=O) groups is 6. The number of aliphatic carboxylic acids is 1. The number of hydrogen-bond donors (Lipinski definition) is 7. The van der Waals surface area contributed by atoms with Crippen molar-refractivity contribution in [3.05, 3.63) is 36.0 Å². The number of fused-ring (bicyclic) bond motifs is 1. The summed E-state index contributed by atoms with van der Waals surface area (Å²) in [6.07, 6.45) is 1.22. The van der Waals surface area contributed by atoms with Gasteiger partial charge in [-0.05, 0) is 29.9 Å². The molecule has 0 bridgehead atoms. The zero-order valence-corrected chi connectivity index (χ0v) is 23.6. The first-order valence-electron chi connectivity index (χ1n) is 13.6. The standard InChI is InChI=1S/C28H38N6O7/c1-14(2)9-19-26(39)31-20(10-16-12-29-18-8-6-5-7-17(16)18)27(40)32-21(11-23(36)37)25(38)30-13-22(35)34-24(15(3)4)28(41)33-19/h5-8,12,14-15,19-21,24,29H,9-11,13H2,1-4H3,(H,30,38)(H,31,39)(H,32,40)(H,33,41)(H,34,35)(H,36,37)/t19-,20+,21+,24+/m1/s1. The number of para-hydroxylation sites is 1. The summed E-state index contributed by atoms with van der Waals surface area (Å²) in [6.45, 7) is 6.64. The molecule has 0 aliphatic carbocycles. The topological polar surface area (TPSA) is 199 Å². The van der Waals surface area contributed by atoms with E-state index in [1.165, 1.54) is 0 Å². The van der Waals surface area contributed by atoms with E-state index >= 15 is 0 Å². The van der Waals surface area contributed by atoms with E-state index < -0.39 is 72.6 Å². The number of carboxylic acids is 1. The second-order valence-electron chi connectivity index (χ2n) is 11.0. The number of benzene rings is 1. The van der Waals surface area contributed by atoms with Crippen molar-refractivity contribution in [1.82, 2.24) is 31.6 Å². The van der Waals surface area contributed by atoms with Gasteiger partial charge < -0.3 is 36.7 Å². The van der Waals surface area contributed by atoms with Crippen LogP contribution in [0.5, 0.6) is 0 Å². The van der Waals surface area contributed by atoms with Crippen LogP contribution in [0.2, 0.25) is 0 Å². The zero-order valence-electron chi connectivity index (χ0n) is 23.6. The molecule has 4 atom stereocenters. The van der Waals surface area contributed by atoms with Crippen LogP contribution in [0, 0.1) is 11.8 Å². The number of H-pyrrole nitrogens is 1. The van der Waals surface area contributed by atoms with Crippen molar-refractivity contribution in [2.75, 3.05) is 6.54 Å². The molecule has 0 radical (unpaired) electrons. The Bertz CT molecular complexity index is 1300. The molecule has 41 heavy (non-hydrogen) atoms. The molecule has 5 amide bonds. The third-order valence-corrected chi connectivity index (χ3v) is 6.77. The van der Waals surface area contributed by atoms with Crippen LogP contribution in [0.15, 0.2) is 30.5 Å². The van der Waals surface area contributed by atoms with Crippen LogP contribution in [-0.4, -0.2) is 76.3 Å². The Labute approximate surface area is 237 Å². The average Bonchev–Trinajstić information content (AvgIpc) is 3.30. The Hall–Kier alpha value is -4.42. The fourth-order valence-electron chi connectivity index (χ4n) is 4.67. The summed E-state index contributed by atoms with van der Waals surface area (Å²) in [7, 11) is 0. The Morgan fingerprint density at radius 3 is 2.15 bits per heavy atom. The van der Waals surface area contributed by atoms with Crippen molar-refractivity contribution in [2.24, 2.45) is 11.8 Å². The van der Waals surface area contributed by atoms with Crippen LogP contribution in [0.1, 0.15) is 46.1 Å². The molecule has 13 nitrogen and oxygen atoms in total. The van der Waals surface area contributed by atoms with Gasteiger partial charge in [-0.1, -0.05) is 45.9 Å². The van der Waals surface area contributed by atoms with E-state index in [1.54, 1.807) is 20.0 Å². The molecule has 0 spiro atoms. The summed E-state index contributed by atoms with van der Waals surface area (Å²) in [5, 5.41) is 22.9. The van der Waals surface area contributed by atoms with Crippen LogP contribution in [0.25, 0.3) is 10.9 Å². The van der Waals surface area contributed by atoms with Crippen LogP contribution >= 0.6 is 0 Å². The summed E-state index contributed by atoms with van der Waals surface area (Å²) in [4.78, 5) is 80.4. The number of hydrogen-bond acceptors (Lipinski definition) is 6. The molecule has 2 heterocycles. The minimum atomic E-state index is -1.52. The maximum Gasteiger partial charge on any atom is 0.305 e. The molecular formula is C28H38N6O7. The van der Waals surface area contributed by atoms with Crippen LogP contribution in [-0.2, 0) is 35.2 Å². The third-order valence-electron chi connectivity index (χ3n) is 6.77. The minimum Gasteiger partial charge on any atom is -0.481 e. The van der Waals surface area contributed by atoms with Gasteiger partial charge in [0.05, 0.1) is 13.0 Å². The van der Waals surface area contributed by atoms with E-state index in [-0.39, 0.29) is 24.7 Å². The first kappa shape index (κ1) is 31.1. The third kappa shape index (κ3) is 8.53. The highest BCUT2D eigenvalue weighted by Crippen LogP contribution is 2.20. The van der Waals surface area contributed by atoms with Gasteiger partial charge in [-0.2, -0.15) is 0 Å². The smallest absolute Gasteiger partial charge is 0.305 e. The normalized spacial score (nSPS) is 23.2. The quantitative estimate of drug-likeness (QED) is 0.242. The molecule has 1 fully saturated rings. The highest BCUT2D eigenvalue weighted by atomic mass is 16.4. The molecule has 1 saturated heterocycles. The maximum absolute atomic E-state index is 13.6. The largest absolute Gasteiger partial charge is 0.481 e. The maximum atomic E-state index is 13.6. The second kappa shape index (κ2) is 13.8. The molecule has 13 heteroatoms. The molecule has 2 aromatic rings. The van der Waals surface area contributed by atoms with Gasteiger partial charge >= 0.3 is 5.97 Å². The van der Waals surface area contributed by atoms with E-state index in [9.17, 15) is 33.9 Å². The predicted molar refractivity (Wildman–Crippen MR) is 149 cm³/mol. The monoisotopic (exact) mass is 570 g/mol. The number of aromatic amines is 1. The van der Waals surface area contributed by atoms with Crippen LogP contribution in [0.3, 0.4) is 0 Å². The zero-order chi connectivity index (χ0) is 30.3. The van der Waals surface area contributed by atoms with E-state index in [0.29, 0.717) is 5.56 Å². The summed E-state index contributed by atoms with van der Waals surface area (Å²) in [5.41, 5.74) is 1.52. The van der Waals surface area contributed by atoms with Gasteiger partial charge in [0.25, 0.3) is 0 Å². The van der Waals surface area contributed by atoms with Gasteiger partial charge in [0.1, 0.15) is 24.2 Å². The first-order chi connectivity index (χ1) is 19.3. The van der Waals surface area contributed by atoms with E-state index in [0.717, 1.165) is 10.9 Å². The Morgan fingerprint density at radius 2 is 1.49 bits per heavy atom. The predicted octanol–water partition coefficient (Wildman–Crippen LogP) is -0.0438. The summed E-state index contributed by atoms with van der Waals surface area (Å²) >= 11 is 0. The van der Waals surface area contributed by atoms with Gasteiger partial charge in [-0.15, -0.1) is 0 Å². The van der Waals surface area contributed by atoms with Gasteiger partial charge in [-0.25, -0.2) is 0 Å². The van der Waals surface area contributed by atoms with E-state index in [4.69, 9.17) is 0 Å². The van der Waals surface area contributed by atoms with Gasteiger partial charge in [-0.3, -0.25) is 28.8 Å². The van der Waals surface area contributed by atoms with Crippen molar-refractivity contribution in [3.63, 3.8) is 0 Å². The van der Waals surface area contributed by atoms with Crippen molar-refractivity contribution in [3.8, 4) is 0 Å². The number of amides is 5. The molecule has 7 N–H and O–H groups in total. The lowest BCUT2D eigenvalue weighted by molar-refractivity contribution is -0.141. The van der Waals surface area contributed by atoms with Crippen LogP contribution < -0.4 is 26.6 Å². The first-order valence-corrected chi connectivity index (χ1v) is 13.6. The van der Waals surface area contributed by atoms with Gasteiger partial charge in [0.15, 0.2) is 0 Å². The minimum absolute atomic E-state index is 0.0112. The Balaban J connectivity index is 2.02. The summed E-state index contributed by atoms with van der Waals surface area (Å²) < 4.78 is 0. The molecule has 1 aliphatic rings. The molecule has 222 valence electrons. The summed E-state index contributed by atoms with van der Waals surface area (Å²) in [6, 6.07) is 2.61. The fraction of sp³-hybridized carbons (Fsp3) is 0.500. The lowest BCUT2D eigenvalue weighted by atomic mass is 9.99.